The summed E-state index contributed by atoms with van der Waals surface area (Å²) in [6, 6.07) is 14.6. The molecule has 0 saturated heterocycles. The zero-order chi connectivity index (χ0) is 45.9. The van der Waals surface area contributed by atoms with Crippen molar-refractivity contribution in [2.24, 2.45) is 23.7 Å². The Morgan fingerprint density at radius 2 is 0.815 bits per heavy atom. The fourth-order valence-electron chi connectivity index (χ4n) is 12.3. The van der Waals surface area contributed by atoms with E-state index in [-0.39, 0.29) is 0 Å². The number of thiophene rings is 4. The van der Waals surface area contributed by atoms with Crippen LogP contribution in [0.1, 0.15) is 158 Å². The summed E-state index contributed by atoms with van der Waals surface area (Å²) in [5.74, 6) is 1.16. The van der Waals surface area contributed by atoms with Crippen molar-refractivity contribution in [1.29, 1.82) is 0 Å². The fraction of sp³-hybridized carbons (Fsp3) is 0.593. The van der Waals surface area contributed by atoms with Gasteiger partial charge in [-0.2, -0.15) is 8.75 Å². The Hall–Kier alpha value is -1.87. The number of benzene rings is 1. The van der Waals surface area contributed by atoms with E-state index >= 15 is 8.78 Å². The Morgan fingerprint density at radius 1 is 0.477 bits per heavy atom. The Bertz CT molecular complexity index is 2300. The van der Waals surface area contributed by atoms with Gasteiger partial charge in [0.15, 0.2) is 11.6 Å². The van der Waals surface area contributed by atoms with Crippen LogP contribution in [0.4, 0.5) is 8.78 Å². The van der Waals surface area contributed by atoms with E-state index in [1.54, 1.807) is 33.0 Å². The summed E-state index contributed by atoms with van der Waals surface area (Å²) in [5.41, 5.74) is 1.69. The van der Waals surface area contributed by atoms with Gasteiger partial charge in [0.05, 0.1) is 22.9 Å². The van der Waals surface area contributed by atoms with Crippen LogP contribution >= 0.6 is 57.1 Å². The van der Waals surface area contributed by atoms with Crippen molar-refractivity contribution in [2.75, 3.05) is 0 Å². The maximum Gasteiger partial charge on any atom is 0.170 e. The van der Waals surface area contributed by atoms with Crippen LogP contribution in [-0.4, -0.2) is 24.9 Å². The van der Waals surface area contributed by atoms with E-state index in [4.69, 9.17) is 8.75 Å². The molecule has 0 aliphatic carbocycles. The van der Waals surface area contributed by atoms with Crippen molar-refractivity contribution < 1.29 is 8.78 Å². The molecule has 0 N–H and O–H groups in total. The third kappa shape index (κ3) is 9.22. The topological polar surface area (TPSA) is 25.8 Å². The van der Waals surface area contributed by atoms with Crippen molar-refractivity contribution in [1.82, 2.24) is 8.75 Å². The SMILES string of the molecule is CCCCC(CC)C[Si]1(CC(CC)CCCC)c2ccsc2-c2sc(-c3c(F)c(F)c(-c4cc5c(s4)-c4sccc4[Si]5(CC(CC)CCCC)CC(CC)CCCC)c4nsnc34)cc21. The average Bonchev–Trinajstić information content (AvgIpc) is 4.19. The predicted molar refractivity (Wildman–Crippen MR) is 293 cm³/mol. The minimum atomic E-state index is -2.25. The molecule has 0 bridgehead atoms. The highest BCUT2D eigenvalue weighted by Crippen LogP contribution is 2.51. The van der Waals surface area contributed by atoms with Crippen LogP contribution in [0.3, 0.4) is 0 Å². The Kier molecular flexibility index (Phi) is 16.6. The molecule has 4 unspecified atom stereocenters. The number of rotatable bonds is 26. The predicted octanol–water partition coefficient (Wildman–Crippen LogP) is 17.5. The number of hydrogen-bond acceptors (Lipinski definition) is 7. The number of hydrogen-bond donors (Lipinski definition) is 0. The maximum atomic E-state index is 17.6. The molecular weight excluding hydrogens is 931 g/mol. The maximum absolute atomic E-state index is 17.6. The molecule has 1 aromatic carbocycles. The molecule has 7 heterocycles. The molecule has 5 aromatic heterocycles. The van der Waals surface area contributed by atoms with Crippen molar-refractivity contribution in [3.05, 3.63) is 46.7 Å². The zero-order valence-electron chi connectivity index (χ0n) is 40.6. The number of aromatic nitrogens is 2. The third-order valence-electron chi connectivity index (χ3n) is 16.1. The molecule has 6 aromatic rings. The van der Waals surface area contributed by atoms with Crippen LogP contribution in [0, 0.1) is 35.3 Å². The third-order valence-corrected chi connectivity index (χ3v) is 32.6. The van der Waals surface area contributed by atoms with Gasteiger partial charge in [-0.05, 0) is 91.5 Å². The normalized spacial score (nSPS) is 19.4. The molecule has 0 saturated carbocycles. The number of unbranched alkanes of at least 4 members (excludes halogenated alkanes) is 4. The lowest BCUT2D eigenvalue weighted by Crippen LogP contribution is -2.56. The second kappa shape index (κ2) is 21.8. The quantitative estimate of drug-likeness (QED) is 0.0506. The number of halogens is 2. The number of fused-ring (bicyclic) bond motifs is 7. The molecule has 2 aliphatic rings. The molecule has 4 atom stereocenters. The minimum Gasteiger partial charge on any atom is -0.203 e. The number of nitrogens with zero attached hydrogens (tertiary/aromatic N) is 2. The first-order chi connectivity index (χ1) is 31.7. The highest BCUT2D eigenvalue weighted by atomic mass is 32.1. The molecule has 2 nitrogen and oxygen atoms in total. The molecule has 0 spiro atoms. The first-order valence-electron chi connectivity index (χ1n) is 25.8. The van der Waals surface area contributed by atoms with Crippen LogP contribution in [0.15, 0.2) is 35.0 Å². The lowest BCUT2D eigenvalue weighted by Gasteiger charge is -2.35. The van der Waals surface area contributed by atoms with Crippen molar-refractivity contribution in [2.45, 2.75) is 182 Å². The Balaban J connectivity index is 1.26. The first kappa shape index (κ1) is 49.6. The van der Waals surface area contributed by atoms with Gasteiger partial charge in [-0.25, -0.2) is 8.78 Å². The van der Waals surface area contributed by atoms with Crippen LogP contribution in [-0.2, 0) is 0 Å². The van der Waals surface area contributed by atoms with Gasteiger partial charge in [0.1, 0.15) is 27.2 Å². The van der Waals surface area contributed by atoms with E-state index < -0.39 is 27.8 Å². The smallest absolute Gasteiger partial charge is 0.170 e. The van der Waals surface area contributed by atoms with E-state index in [9.17, 15) is 0 Å². The molecule has 11 heteroatoms. The summed E-state index contributed by atoms with van der Waals surface area (Å²) in [6.45, 7) is 18.8. The fourth-order valence-corrected chi connectivity index (χ4v) is 33.3. The van der Waals surface area contributed by atoms with E-state index in [1.165, 1.54) is 157 Å². The van der Waals surface area contributed by atoms with Gasteiger partial charge in [0, 0.05) is 29.3 Å². The molecule has 0 radical (unpaired) electrons. The van der Waals surface area contributed by atoms with Crippen molar-refractivity contribution in [3.63, 3.8) is 0 Å². The summed E-state index contributed by atoms with van der Waals surface area (Å²) in [6.07, 6.45) is 19.8. The lowest BCUT2D eigenvalue weighted by atomic mass is 10.0. The minimum absolute atomic E-state index is 0.322. The molecule has 0 fully saturated rings. The van der Waals surface area contributed by atoms with Crippen LogP contribution in [0.5, 0.6) is 0 Å². The lowest BCUT2D eigenvalue weighted by molar-refractivity contribution is 0.469. The average molecular weight is 1010 g/mol. The summed E-state index contributed by atoms with van der Waals surface area (Å²) in [5, 5.41) is 10.8. The van der Waals surface area contributed by atoms with Gasteiger partial charge in [-0.3, -0.25) is 0 Å². The van der Waals surface area contributed by atoms with Gasteiger partial charge < -0.3 is 0 Å². The van der Waals surface area contributed by atoms with E-state index in [0.717, 1.165) is 21.5 Å². The van der Waals surface area contributed by atoms with Crippen LogP contribution in [0.25, 0.3) is 51.4 Å². The van der Waals surface area contributed by atoms with Gasteiger partial charge in [0.2, 0.25) is 0 Å². The summed E-state index contributed by atoms with van der Waals surface area (Å²) in [7, 11) is -4.51. The Labute approximate surface area is 412 Å². The highest BCUT2D eigenvalue weighted by molar-refractivity contribution is 7.31. The van der Waals surface area contributed by atoms with Crippen LogP contribution < -0.4 is 20.7 Å². The highest BCUT2D eigenvalue weighted by Gasteiger charge is 2.51. The first-order valence-corrected chi connectivity index (χ1v) is 34.7. The summed E-state index contributed by atoms with van der Waals surface area (Å²) < 4.78 is 44.8. The Morgan fingerprint density at radius 3 is 1.12 bits per heavy atom. The van der Waals surface area contributed by atoms with Gasteiger partial charge >= 0.3 is 0 Å². The van der Waals surface area contributed by atoms with Crippen molar-refractivity contribution >= 4 is 105 Å². The van der Waals surface area contributed by atoms with E-state index in [0.29, 0.717) is 45.8 Å². The van der Waals surface area contributed by atoms with Crippen LogP contribution in [0.2, 0.25) is 24.2 Å². The molecule has 8 rings (SSSR count). The molecule has 65 heavy (non-hydrogen) atoms. The second-order valence-corrected chi connectivity index (χ2v) is 32.6. The molecule has 2 aliphatic heterocycles. The molecule has 352 valence electrons. The van der Waals surface area contributed by atoms with Gasteiger partial charge in [-0.1, -0.05) is 170 Å². The van der Waals surface area contributed by atoms with Gasteiger partial charge in [0.25, 0.3) is 0 Å². The summed E-state index contributed by atoms with van der Waals surface area (Å²) >= 11 is 8.22. The second-order valence-electron chi connectivity index (χ2n) is 20.0. The zero-order valence-corrected chi connectivity index (χ0v) is 46.7. The van der Waals surface area contributed by atoms with E-state index in [1.807, 2.05) is 22.7 Å². The monoisotopic (exact) mass is 1000 g/mol. The largest absolute Gasteiger partial charge is 0.203 e. The van der Waals surface area contributed by atoms with Gasteiger partial charge in [-0.15, -0.1) is 45.3 Å². The van der Waals surface area contributed by atoms with Crippen molar-refractivity contribution in [3.8, 4) is 40.4 Å². The standard InChI is InChI=1S/C54H74F2N2S5Si2/c1-9-17-21-35(13-5)31-64(32-36(14-6)22-18-10-2)41-25-27-59-51(41)53-43(64)29-39(61-53)45-47(55)48(56)46(50-49(45)57-63-58-50)40-30-44-54(62-40)52-42(26-28-60-52)65(44,33-37(15-7)23-19-11-3)34-38(16-8)24-20-12-4/h25-30,35-38H,9-24,31-34H2,1-8H3. The van der Waals surface area contributed by atoms with E-state index in [2.05, 4.69) is 90.4 Å². The molecular formula is C54H74F2N2S5Si2. The summed E-state index contributed by atoms with van der Waals surface area (Å²) in [4.78, 5) is 7.10. The molecule has 0 amide bonds.